The Balaban J connectivity index is 2.40. The molecule has 1 aromatic rings. The number of rotatable bonds is 5. The summed E-state index contributed by atoms with van der Waals surface area (Å²) >= 11 is 2.99. The van der Waals surface area contributed by atoms with Gasteiger partial charge >= 0.3 is 12.1 Å². The van der Waals surface area contributed by atoms with E-state index in [0.29, 0.717) is 0 Å². The van der Waals surface area contributed by atoms with E-state index in [1.807, 2.05) is 0 Å². The Labute approximate surface area is 149 Å². The van der Waals surface area contributed by atoms with Gasteiger partial charge in [-0.2, -0.15) is 13.2 Å². The predicted octanol–water partition coefficient (Wildman–Crippen LogP) is 2.14. The van der Waals surface area contributed by atoms with E-state index in [-0.39, 0.29) is 41.1 Å². The van der Waals surface area contributed by atoms with Crippen LogP contribution in [0, 0.1) is 0 Å². The third-order valence-electron chi connectivity index (χ3n) is 3.45. The molecular weight excluding hydrogens is 409 g/mol. The zero-order valence-electron chi connectivity index (χ0n) is 13.0. The topological polar surface area (TPSA) is 78.9 Å². The van der Waals surface area contributed by atoms with Gasteiger partial charge in [-0.25, -0.2) is 4.79 Å². The molecule has 6 nitrogen and oxygen atoms in total. The van der Waals surface area contributed by atoms with Gasteiger partial charge in [0.15, 0.2) is 0 Å². The van der Waals surface area contributed by atoms with Crippen LogP contribution < -0.4 is 5.32 Å². The molecule has 0 atom stereocenters. The summed E-state index contributed by atoms with van der Waals surface area (Å²) in [5.74, 6) is -1.38. The summed E-state index contributed by atoms with van der Waals surface area (Å²) in [5.41, 5.74) is -1.12. The highest BCUT2D eigenvalue weighted by molar-refractivity contribution is 9.10. The van der Waals surface area contributed by atoms with Crippen LogP contribution >= 0.6 is 15.9 Å². The minimum atomic E-state index is -4.57. The summed E-state index contributed by atoms with van der Waals surface area (Å²) in [6.07, 6.45) is -4.57. The van der Waals surface area contributed by atoms with Gasteiger partial charge in [-0.3, -0.25) is 4.79 Å². The quantitative estimate of drug-likeness (QED) is 0.710. The number of carbonyl (C=O) groups excluding carboxylic acids is 2. The van der Waals surface area contributed by atoms with Gasteiger partial charge in [0.2, 0.25) is 0 Å². The van der Waals surface area contributed by atoms with E-state index in [1.54, 1.807) is 0 Å². The number of halogens is 4. The molecule has 0 aliphatic carbocycles. The molecule has 1 aliphatic heterocycles. The molecule has 0 fully saturated rings. The van der Waals surface area contributed by atoms with E-state index in [4.69, 9.17) is 5.11 Å². The van der Waals surface area contributed by atoms with Crippen molar-refractivity contribution in [3.05, 3.63) is 39.5 Å². The molecule has 1 aliphatic rings. The average Bonchev–Trinajstić information content (AvgIpc) is 2.83. The van der Waals surface area contributed by atoms with Gasteiger partial charge in [-0.05, 0) is 18.2 Å². The number of anilines is 1. The number of hydrogen-bond donors (Lipinski definition) is 2. The normalized spacial score (nSPS) is 15.0. The van der Waals surface area contributed by atoms with Crippen molar-refractivity contribution < 1.29 is 32.6 Å². The number of esters is 1. The third-order valence-corrected chi connectivity index (χ3v) is 3.91. The first-order valence-corrected chi connectivity index (χ1v) is 7.83. The number of nitrogens with one attached hydrogen (secondary N) is 1. The van der Waals surface area contributed by atoms with Gasteiger partial charge < -0.3 is 20.1 Å². The Bertz CT molecular complexity index is 734. The molecule has 0 saturated carbocycles. The lowest BCUT2D eigenvalue weighted by Gasteiger charge is -2.15. The van der Waals surface area contributed by atoms with Crippen LogP contribution in [0.5, 0.6) is 0 Å². The van der Waals surface area contributed by atoms with Gasteiger partial charge in [-0.1, -0.05) is 15.9 Å². The van der Waals surface area contributed by atoms with Crippen molar-refractivity contribution in [2.24, 2.45) is 0 Å². The molecule has 10 heteroatoms. The van der Waals surface area contributed by atoms with Crippen LogP contribution in [0.25, 0.3) is 0 Å². The standard InChI is InChI=1S/C15H14BrF3N2O4/c1-25-14(24)11-7-21(2-3-22)13(23)12(11)20-10-5-8(15(17,18)19)4-9(16)6-10/h4-6,20,22H,2-3,7H2,1H3. The second-order valence-corrected chi connectivity index (χ2v) is 6.06. The van der Waals surface area contributed by atoms with Crippen molar-refractivity contribution >= 4 is 33.5 Å². The smallest absolute Gasteiger partial charge is 0.416 e. The second-order valence-electron chi connectivity index (χ2n) is 5.15. The molecular formula is C15H14BrF3N2O4. The summed E-state index contributed by atoms with van der Waals surface area (Å²) < 4.78 is 43.5. The van der Waals surface area contributed by atoms with Crippen molar-refractivity contribution in [2.45, 2.75) is 6.18 Å². The average molecular weight is 423 g/mol. The molecule has 0 spiro atoms. The van der Waals surface area contributed by atoms with Gasteiger partial charge in [0.05, 0.1) is 31.4 Å². The molecule has 136 valence electrons. The maximum Gasteiger partial charge on any atom is 0.416 e. The number of hydrogen-bond acceptors (Lipinski definition) is 5. The highest BCUT2D eigenvalue weighted by Crippen LogP contribution is 2.34. The van der Waals surface area contributed by atoms with E-state index in [1.165, 1.54) is 11.0 Å². The first kappa shape index (κ1) is 19.3. The molecule has 0 unspecified atom stereocenters. The SMILES string of the molecule is COC(=O)C1=C(Nc2cc(Br)cc(C(F)(F)F)c2)C(=O)N(CCO)C1. The predicted molar refractivity (Wildman–Crippen MR) is 85.5 cm³/mol. The molecule has 1 amide bonds. The van der Waals surface area contributed by atoms with Crippen LogP contribution in [0.15, 0.2) is 33.9 Å². The number of methoxy groups -OCH3 is 1. The largest absolute Gasteiger partial charge is 0.466 e. The fourth-order valence-corrected chi connectivity index (χ4v) is 2.81. The number of aliphatic hydroxyl groups is 1. The third kappa shape index (κ3) is 4.31. The summed E-state index contributed by atoms with van der Waals surface area (Å²) in [4.78, 5) is 25.4. The van der Waals surface area contributed by atoms with Crippen LogP contribution in [0.2, 0.25) is 0 Å². The minimum absolute atomic E-state index is 0.0164. The van der Waals surface area contributed by atoms with Gasteiger partial charge in [0.25, 0.3) is 5.91 Å². The number of alkyl halides is 3. The monoisotopic (exact) mass is 422 g/mol. The van der Waals surface area contributed by atoms with Crippen molar-refractivity contribution in [1.29, 1.82) is 0 Å². The maximum atomic E-state index is 12.9. The number of ether oxygens (including phenoxy) is 1. The molecule has 1 heterocycles. The zero-order chi connectivity index (χ0) is 18.8. The van der Waals surface area contributed by atoms with Crippen molar-refractivity contribution in [3.8, 4) is 0 Å². The minimum Gasteiger partial charge on any atom is -0.466 e. The number of aliphatic hydroxyl groups excluding tert-OH is 1. The molecule has 0 bridgehead atoms. The molecule has 0 aromatic heterocycles. The van der Waals surface area contributed by atoms with Crippen LogP contribution in [-0.2, 0) is 20.5 Å². The Morgan fingerprint density at radius 1 is 1.40 bits per heavy atom. The summed E-state index contributed by atoms with van der Waals surface area (Å²) in [6.45, 7) is -0.437. The summed E-state index contributed by atoms with van der Waals surface area (Å²) in [7, 11) is 1.13. The Morgan fingerprint density at radius 2 is 2.08 bits per heavy atom. The molecule has 1 aromatic carbocycles. The maximum absolute atomic E-state index is 12.9. The summed E-state index contributed by atoms with van der Waals surface area (Å²) in [5, 5.41) is 11.6. The lowest BCUT2D eigenvalue weighted by molar-refractivity contribution is -0.138. The fraction of sp³-hybridized carbons (Fsp3) is 0.333. The van der Waals surface area contributed by atoms with Crippen LogP contribution in [0.1, 0.15) is 5.56 Å². The lowest BCUT2D eigenvalue weighted by atomic mass is 10.1. The lowest BCUT2D eigenvalue weighted by Crippen LogP contribution is -2.31. The molecule has 25 heavy (non-hydrogen) atoms. The van der Waals surface area contributed by atoms with Gasteiger partial charge in [0, 0.05) is 16.7 Å². The van der Waals surface area contributed by atoms with Crippen LogP contribution in [0.3, 0.4) is 0 Å². The van der Waals surface area contributed by atoms with Crippen molar-refractivity contribution in [2.75, 3.05) is 32.1 Å². The Hall–Kier alpha value is -2.07. The molecule has 0 saturated heterocycles. The number of carbonyl (C=O) groups is 2. The second kappa shape index (κ2) is 7.44. The highest BCUT2D eigenvalue weighted by Gasteiger charge is 2.35. The molecule has 2 N–H and O–H groups in total. The Morgan fingerprint density at radius 3 is 2.64 bits per heavy atom. The fourth-order valence-electron chi connectivity index (χ4n) is 2.32. The first-order chi connectivity index (χ1) is 11.7. The van der Waals surface area contributed by atoms with E-state index in [9.17, 15) is 22.8 Å². The zero-order valence-corrected chi connectivity index (χ0v) is 14.6. The van der Waals surface area contributed by atoms with Crippen LogP contribution in [0.4, 0.5) is 18.9 Å². The summed E-state index contributed by atoms with van der Waals surface area (Å²) in [6, 6.07) is 3.07. The number of benzene rings is 1. The van der Waals surface area contributed by atoms with Gasteiger partial charge in [0.1, 0.15) is 5.70 Å². The van der Waals surface area contributed by atoms with E-state index in [2.05, 4.69) is 26.0 Å². The number of β-amino-alcohol motifs (C(OH)–C–C–N with tert-alkyl or cyclic N) is 1. The number of amides is 1. The highest BCUT2D eigenvalue weighted by atomic mass is 79.9. The van der Waals surface area contributed by atoms with E-state index in [0.717, 1.165) is 19.2 Å². The Kier molecular flexibility index (Phi) is 5.73. The number of nitrogens with zero attached hydrogens (tertiary/aromatic N) is 1. The van der Waals surface area contributed by atoms with Crippen molar-refractivity contribution in [1.82, 2.24) is 4.90 Å². The first-order valence-electron chi connectivity index (χ1n) is 7.03. The van der Waals surface area contributed by atoms with Gasteiger partial charge in [-0.15, -0.1) is 0 Å². The molecule has 2 rings (SSSR count). The van der Waals surface area contributed by atoms with Crippen LogP contribution in [-0.4, -0.2) is 48.7 Å². The van der Waals surface area contributed by atoms with E-state index < -0.39 is 23.6 Å². The molecule has 0 radical (unpaired) electrons. The van der Waals surface area contributed by atoms with E-state index >= 15 is 0 Å². The van der Waals surface area contributed by atoms with Crippen molar-refractivity contribution in [3.63, 3.8) is 0 Å².